The average molecular weight is 799 g/mol. The van der Waals surface area contributed by atoms with Crippen molar-refractivity contribution in [3.05, 3.63) is 208 Å². The summed E-state index contributed by atoms with van der Waals surface area (Å²) in [6, 6.07) is 42.0. The lowest BCUT2D eigenvalue weighted by Gasteiger charge is -2.29. The van der Waals surface area contributed by atoms with Crippen LogP contribution < -0.4 is 0 Å². The highest BCUT2D eigenvalue weighted by atomic mass is 14.7. The Morgan fingerprint density at radius 1 is 0.443 bits per heavy atom. The molecule has 0 spiro atoms. The third kappa shape index (κ3) is 11.0. The molecule has 7 rings (SSSR count). The van der Waals surface area contributed by atoms with E-state index in [4.69, 9.17) is 9.97 Å². The zero-order valence-electron chi connectivity index (χ0n) is 37.9. The fourth-order valence-corrected chi connectivity index (χ4v) is 7.63. The lowest BCUT2D eigenvalue weighted by Crippen LogP contribution is -2.20. The first kappa shape index (κ1) is 43.0. The first-order valence-electron chi connectivity index (χ1n) is 21.8. The smallest absolute Gasteiger partial charge is 0.0702 e. The molecule has 4 aromatic carbocycles. The topological polar surface area (TPSA) is 25.8 Å². The minimum absolute atomic E-state index is 0.0235. The maximum Gasteiger partial charge on any atom is 0.0702 e. The van der Waals surface area contributed by atoms with Gasteiger partial charge in [0.1, 0.15) is 0 Å². The molecule has 0 saturated carbocycles. The van der Waals surface area contributed by atoms with Crippen LogP contribution in [0.3, 0.4) is 0 Å². The number of nitrogens with zero attached hydrogens (tertiary/aromatic N) is 2. The van der Waals surface area contributed by atoms with Gasteiger partial charge < -0.3 is 0 Å². The van der Waals surface area contributed by atoms with E-state index >= 15 is 0 Å². The molecule has 0 saturated heterocycles. The van der Waals surface area contributed by atoms with E-state index in [0.29, 0.717) is 0 Å². The van der Waals surface area contributed by atoms with Crippen LogP contribution in [0.25, 0.3) is 52.9 Å². The van der Waals surface area contributed by atoms with E-state index in [1.54, 1.807) is 0 Å². The molecule has 1 unspecified atom stereocenters. The lowest BCUT2D eigenvalue weighted by molar-refractivity contribution is 0.580. The van der Waals surface area contributed by atoms with Crippen LogP contribution in [0.4, 0.5) is 0 Å². The van der Waals surface area contributed by atoms with Gasteiger partial charge >= 0.3 is 0 Å². The summed E-state index contributed by atoms with van der Waals surface area (Å²) in [6.45, 7) is 22.6. The highest BCUT2D eigenvalue weighted by molar-refractivity contribution is 5.77. The van der Waals surface area contributed by atoms with Gasteiger partial charge in [0, 0.05) is 28.9 Å². The largest absolute Gasteiger partial charge is 0.256 e. The summed E-state index contributed by atoms with van der Waals surface area (Å²) >= 11 is 0. The second-order valence-electron chi connectivity index (χ2n) is 20.0. The molecule has 308 valence electrons. The maximum atomic E-state index is 4.82. The number of rotatable bonds is 9. The van der Waals surface area contributed by atoms with Crippen LogP contribution >= 0.6 is 0 Å². The molecular formula is C59H62N2. The second kappa shape index (κ2) is 17.5. The van der Waals surface area contributed by atoms with Gasteiger partial charge in [0.05, 0.1) is 11.4 Å². The first-order chi connectivity index (χ1) is 28.9. The maximum absolute atomic E-state index is 4.82. The minimum Gasteiger partial charge on any atom is -0.256 e. The van der Waals surface area contributed by atoms with Crippen molar-refractivity contribution in [3.8, 4) is 22.5 Å². The molecule has 0 amide bonds. The van der Waals surface area contributed by atoms with Crippen molar-refractivity contribution in [2.75, 3.05) is 0 Å². The highest BCUT2D eigenvalue weighted by Gasteiger charge is 2.25. The van der Waals surface area contributed by atoms with E-state index < -0.39 is 0 Å². The van der Waals surface area contributed by atoms with E-state index in [9.17, 15) is 0 Å². The van der Waals surface area contributed by atoms with Gasteiger partial charge in [-0.2, -0.15) is 0 Å². The molecule has 0 N–H and O–H groups in total. The van der Waals surface area contributed by atoms with Crippen molar-refractivity contribution in [3.63, 3.8) is 0 Å². The zero-order chi connectivity index (χ0) is 43.4. The lowest BCUT2D eigenvalue weighted by atomic mass is 9.75. The van der Waals surface area contributed by atoms with Gasteiger partial charge in [-0.1, -0.05) is 209 Å². The summed E-state index contributed by atoms with van der Waals surface area (Å²) in [5.41, 5.74) is 16.6. The summed E-state index contributed by atoms with van der Waals surface area (Å²) in [7, 11) is 0. The van der Waals surface area contributed by atoms with Crippen molar-refractivity contribution in [2.45, 2.75) is 97.3 Å². The predicted octanol–water partition coefficient (Wildman–Crippen LogP) is 15.9. The fraction of sp³-hybridized carbons (Fsp3) is 0.254. The van der Waals surface area contributed by atoms with Crippen LogP contribution in [0.2, 0.25) is 0 Å². The molecule has 1 atom stereocenters. The van der Waals surface area contributed by atoms with Crippen molar-refractivity contribution in [1.29, 1.82) is 0 Å². The predicted molar refractivity (Wildman–Crippen MR) is 264 cm³/mol. The second-order valence-corrected chi connectivity index (χ2v) is 20.0. The Morgan fingerprint density at radius 3 is 1.16 bits per heavy atom. The summed E-state index contributed by atoms with van der Waals surface area (Å²) in [5, 5.41) is 0. The van der Waals surface area contributed by atoms with Gasteiger partial charge in [-0.25, -0.2) is 0 Å². The Balaban J connectivity index is 1.11. The number of benzene rings is 4. The summed E-state index contributed by atoms with van der Waals surface area (Å²) in [4.78, 5) is 9.64. The Hall–Kier alpha value is -6.12. The van der Waals surface area contributed by atoms with Crippen LogP contribution in [0.5, 0.6) is 0 Å². The summed E-state index contributed by atoms with van der Waals surface area (Å²) in [5.74, 6) is 0. The minimum atomic E-state index is -0.0235. The van der Waals surface area contributed by atoms with E-state index in [-0.39, 0.29) is 21.7 Å². The van der Waals surface area contributed by atoms with Gasteiger partial charge in [-0.3, -0.25) is 9.97 Å². The standard InChI is InChI=1S/C59H62N2/c1-56(2,3)50-23-19-48(20-24-50)54-31-17-43(40-60-54)12-15-46-37-45(14-11-42-33-35-59(10,36-34-42)53-29-27-52(28-30-53)58(7,8)9)38-47(39-46)16-13-44-18-32-55(61-41-44)49-21-25-51(26-22-49)57(4,5)6/h11-35,37-41H,36H2,1-10H3/b14-11+,15-12+,16-13+. The molecule has 0 bridgehead atoms. The number of allylic oxidation sites excluding steroid dienone is 5. The third-order valence-corrected chi connectivity index (χ3v) is 11.9. The third-order valence-electron chi connectivity index (χ3n) is 11.9. The van der Waals surface area contributed by atoms with E-state index in [1.807, 2.05) is 12.4 Å². The fourth-order valence-electron chi connectivity index (χ4n) is 7.63. The normalized spacial score (nSPS) is 16.2. The molecular weight excluding hydrogens is 737 g/mol. The van der Waals surface area contributed by atoms with Gasteiger partial charge in [0.2, 0.25) is 0 Å². The average Bonchev–Trinajstić information content (AvgIpc) is 3.24. The van der Waals surface area contributed by atoms with E-state index in [1.165, 1.54) is 27.8 Å². The Bertz CT molecular complexity index is 2460. The Labute approximate surface area is 366 Å². The molecule has 2 heterocycles. The van der Waals surface area contributed by atoms with Crippen molar-refractivity contribution in [2.24, 2.45) is 0 Å². The van der Waals surface area contributed by atoms with Crippen LogP contribution in [0.15, 0.2) is 158 Å². The molecule has 2 nitrogen and oxygen atoms in total. The Kier molecular flexibility index (Phi) is 12.3. The van der Waals surface area contributed by atoms with Gasteiger partial charge in [-0.05, 0) is 109 Å². The van der Waals surface area contributed by atoms with Gasteiger partial charge in [-0.15, -0.1) is 0 Å². The molecule has 0 aliphatic heterocycles. The van der Waals surface area contributed by atoms with Crippen molar-refractivity contribution < 1.29 is 0 Å². The van der Waals surface area contributed by atoms with E-state index in [2.05, 4.69) is 239 Å². The first-order valence-corrected chi connectivity index (χ1v) is 21.8. The van der Waals surface area contributed by atoms with Gasteiger partial charge in [0.15, 0.2) is 0 Å². The molecule has 2 aromatic heterocycles. The highest BCUT2D eigenvalue weighted by Crippen LogP contribution is 2.36. The summed E-state index contributed by atoms with van der Waals surface area (Å²) in [6.07, 6.45) is 25.0. The number of aromatic nitrogens is 2. The molecule has 1 aliphatic carbocycles. The van der Waals surface area contributed by atoms with Crippen molar-refractivity contribution >= 4 is 30.4 Å². The quantitative estimate of drug-likeness (QED) is 0.146. The monoisotopic (exact) mass is 798 g/mol. The number of hydrogen-bond acceptors (Lipinski definition) is 2. The van der Waals surface area contributed by atoms with Crippen LogP contribution in [0.1, 0.15) is 126 Å². The summed E-state index contributed by atoms with van der Waals surface area (Å²) < 4.78 is 0. The number of hydrogen-bond donors (Lipinski definition) is 0. The molecule has 0 radical (unpaired) electrons. The van der Waals surface area contributed by atoms with Crippen LogP contribution in [-0.2, 0) is 21.7 Å². The van der Waals surface area contributed by atoms with Crippen molar-refractivity contribution in [1.82, 2.24) is 9.97 Å². The zero-order valence-corrected chi connectivity index (χ0v) is 37.9. The Morgan fingerprint density at radius 2 is 0.820 bits per heavy atom. The van der Waals surface area contributed by atoms with Gasteiger partial charge in [0.25, 0.3) is 0 Å². The van der Waals surface area contributed by atoms with Crippen LogP contribution in [0, 0.1) is 0 Å². The SMILES string of the molecule is CC(C)(C)c1ccc(-c2ccc(/C=C/c3cc(/C=C/C4=CCC(C)(c5ccc(C(C)(C)C)cc5)C=C4)cc(/C=C/c4ccc(-c5ccc(C(C)(C)C)cc5)nc4)c3)cn2)cc1. The van der Waals surface area contributed by atoms with E-state index in [0.717, 1.165) is 56.8 Å². The molecule has 61 heavy (non-hydrogen) atoms. The molecule has 1 aliphatic rings. The van der Waals surface area contributed by atoms with Crippen LogP contribution in [-0.4, -0.2) is 9.97 Å². The molecule has 2 heteroatoms. The molecule has 6 aromatic rings. The number of pyridine rings is 2. The molecule has 0 fully saturated rings.